The van der Waals surface area contributed by atoms with Crippen molar-refractivity contribution in [1.29, 1.82) is 0 Å². The summed E-state index contributed by atoms with van der Waals surface area (Å²) in [5.41, 5.74) is 2.12. The zero-order valence-electron chi connectivity index (χ0n) is 15.9. The Kier molecular flexibility index (Phi) is 6.33. The molecule has 0 amide bonds. The quantitative estimate of drug-likeness (QED) is 0.584. The van der Waals surface area contributed by atoms with Crippen molar-refractivity contribution in [1.82, 2.24) is 20.7 Å². The summed E-state index contributed by atoms with van der Waals surface area (Å²) < 4.78 is 10.9. The zero-order valence-corrected chi connectivity index (χ0v) is 15.9. The first-order chi connectivity index (χ1) is 12.7. The third-order valence-corrected chi connectivity index (χ3v) is 4.99. The lowest BCUT2D eigenvalue weighted by Gasteiger charge is -2.26. The molecule has 26 heavy (non-hydrogen) atoms. The summed E-state index contributed by atoms with van der Waals surface area (Å²) >= 11 is 0. The van der Waals surface area contributed by atoms with Gasteiger partial charge in [0.15, 0.2) is 5.96 Å². The van der Waals surface area contributed by atoms with Crippen molar-refractivity contribution in [2.75, 3.05) is 33.2 Å². The van der Waals surface area contributed by atoms with Crippen LogP contribution in [0.2, 0.25) is 0 Å². The average molecular weight is 359 g/mol. The van der Waals surface area contributed by atoms with Gasteiger partial charge in [0, 0.05) is 25.7 Å². The maximum absolute atomic E-state index is 5.67. The topological polar surface area (TPSA) is 78.8 Å². The van der Waals surface area contributed by atoms with E-state index in [1.807, 2.05) is 19.9 Å². The van der Waals surface area contributed by atoms with Crippen LogP contribution in [0.5, 0.6) is 0 Å². The minimum Gasteiger partial charge on any atom is -0.468 e. The number of aryl methyl sites for hydroxylation is 2. The van der Waals surface area contributed by atoms with Crippen LogP contribution in [0.3, 0.4) is 0 Å². The van der Waals surface area contributed by atoms with E-state index in [-0.39, 0.29) is 6.04 Å². The van der Waals surface area contributed by atoms with E-state index in [2.05, 4.69) is 31.7 Å². The highest BCUT2D eigenvalue weighted by Gasteiger charge is 2.25. The van der Waals surface area contributed by atoms with Crippen molar-refractivity contribution in [2.45, 2.75) is 39.2 Å². The van der Waals surface area contributed by atoms with Gasteiger partial charge in [-0.3, -0.25) is 9.89 Å². The number of likely N-dealkylation sites (tertiary alicyclic amines) is 1. The molecule has 0 bridgehead atoms. The van der Waals surface area contributed by atoms with E-state index in [1.165, 1.54) is 18.4 Å². The molecule has 1 aliphatic heterocycles. The van der Waals surface area contributed by atoms with Crippen molar-refractivity contribution in [3.63, 3.8) is 0 Å². The predicted molar refractivity (Wildman–Crippen MR) is 101 cm³/mol. The van der Waals surface area contributed by atoms with Gasteiger partial charge in [-0.05, 0) is 58.3 Å². The lowest BCUT2D eigenvalue weighted by Crippen LogP contribution is -2.43. The van der Waals surface area contributed by atoms with E-state index in [4.69, 9.17) is 8.94 Å². The van der Waals surface area contributed by atoms with Crippen molar-refractivity contribution in [2.24, 2.45) is 4.99 Å². The van der Waals surface area contributed by atoms with Gasteiger partial charge in [-0.2, -0.15) is 0 Å². The number of hydrogen-bond donors (Lipinski definition) is 2. The summed E-state index contributed by atoms with van der Waals surface area (Å²) in [6.07, 6.45) is 5.11. The molecule has 2 N–H and O–H groups in total. The third-order valence-electron chi connectivity index (χ3n) is 4.99. The van der Waals surface area contributed by atoms with Gasteiger partial charge < -0.3 is 19.6 Å². The lowest BCUT2D eigenvalue weighted by molar-refractivity contribution is 0.215. The molecular formula is C19H29N5O2. The number of aliphatic imine (C=N–C) groups is 1. The molecule has 0 spiro atoms. The second-order valence-electron chi connectivity index (χ2n) is 6.71. The van der Waals surface area contributed by atoms with Gasteiger partial charge in [0.25, 0.3) is 0 Å². The molecule has 7 heteroatoms. The number of furan rings is 1. The average Bonchev–Trinajstić information content (AvgIpc) is 3.39. The summed E-state index contributed by atoms with van der Waals surface area (Å²) in [6.45, 7) is 7.70. The molecule has 1 saturated heterocycles. The fraction of sp³-hybridized carbons (Fsp3) is 0.579. The van der Waals surface area contributed by atoms with Crippen LogP contribution in [-0.4, -0.2) is 49.2 Å². The monoisotopic (exact) mass is 359 g/mol. The molecule has 3 rings (SSSR count). The zero-order chi connectivity index (χ0) is 18.4. The Labute approximate surface area is 154 Å². The van der Waals surface area contributed by atoms with Crippen LogP contribution in [0.1, 0.15) is 41.7 Å². The van der Waals surface area contributed by atoms with E-state index in [1.54, 1.807) is 13.3 Å². The molecule has 0 radical (unpaired) electrons. The highest BCUT2D eigenvalue weighted by molar-refractivity contribution is 5.79. The first-order valence-electron chi connectivity index (χ1n) is 9.32. The summed E-state index contributed by atoms with van der Waals surface area (Å²) in [5, 5.41) is 10.8. The molecule has 1 atom stereocenters. The van der Waals surface area contributed by atoms with Crippen LogP contribution >= 0.6 is 0 Å². The first-order valence-corrected chi connectivity index (χ1v) is 9.32. The molecule has 1 unspecified atom stereocenters. The molecule has 0 saturated carbocycles. The summed E-state index contributed by atoms with van der Waals surface area (Å²) in [4.78, 5) is 6.81. The van der Waals surface area contributed by atoms with Crippen molar-refractivity contribution in [3.8, 4) is 0 Å². The number of guanidine groups is 1. The largest absolute Gasteiger partial charge is 0.468 e. The molecule has 0 aromatic carbocycles. The Morgan fingerprint density at radius 2 is 2.12 bits per heavy atom. The van der Waals surface area contributed by atoms with Gasteiger partial charge in [0.1, 0.15) is 11.5 Å². The lowest BCUT2D eigenvalue weighted by atomic mass is 10.1. The fourth-order valence-electron chi connectivity index (χ4n) is 3.52. The second-order valence-corrected chi connectivity index (χ2v) is 6.71. The van der Waals surface area contributed by atoms with E-state index in [0.717, 1.165) is 55.8 Å². The minimum atomic E-state index is 0.230. The molecule has 2 aromatic heterocycles. The number of aromatic nitrogens is 1. The minimum absolute atomic E-state index is 0.230. The van der Waals surface area contributed by atoms with Crippen LogP contribution in [-0.2, 0) is 6.42 Å². The highest BCUT2D eigenvalue weighted by Crippen LogP contribution is 2.24. The molecule has 7 nitrogen and oxygen atoms in total. The van der Waals surface area contributed by atoms with E-state index < -0.39 is 0 Å². The SMILES string of the molecule is CN=C(NCCc1c(C)noc1C)NCC(c1ccco1)N1CCCC1. The van der Waals surface area contributed by atoms with Crippen molar-refractivity contribution < 1.29 is 8.94 Å². The predicted octanol–water partition coefficient (Wildman–Crippen LogP) is 2.43. The molecule has 1 aliphatic rings. The van der Waals surface area contributed by atoms with E-state index >= 15 is 0 Å². The first kappa shape index (κ1) is 18.5. The second kappa shape index (κ2) is 8.89. The van der Waals surface area contributed by atoms with E-state index in [0.29, 0.717) is 0 Å². The third kappa shape index (κ3) is 4.46. The number of rotatable bonds is 7. The Morgan fingerprint density at radius 3 is 2.73 bits per heavy atom. The van der Waals surface area contributed by atoms with Crippen LogP contribution in [0.4, 0.5) is 0 Å². The molecular weight excluding hydrogens is 330 g/mol. The Balaban J connectivity index is 1.52. The van der Waals surface area contributed by atoms with Gasteiger partial charge in [-0.15, -0.1) is 0 Å². The van der Waals surface area contributed by atoms with Crippen LogP contribution in [0.15, 0.2) is 32.3 Å². The number of nitrogens with one attached hydrogen (secondary N) is 2. The standard InChI is InChI=1S/C19H29N5O2/c1-14-16(15(2)26-23-14)8-9-21-19(20-3)22-13-17(18-7-6-12-25-18)24-10-4-5-11-24/h6-7,12,17H,4-5,8-11,13H2,1-3H3,(H2,20,21,22). The molecule has 0 aliphatic carbocycles. The molecule has 1 fully saturated rings. The van der Waals surface area contributed by atoms with Gasteiger partial charge in [-0.1, -0.05) is 5.16 Å². The summed E-state index contributed by atoms with van der Waals surface area (Å²) in [6, 6.07) is 4.24. The number of nitrogens with zero attached hydrogens (tertiary/aromatic N) is 3. The molecule has 2 aromatic rings. The Morgan fingerprint density at radius 1 is 1.31 bits per heavy atom. The summed E-state index contributed by atoms with van der Waals surface area (Å²) in [5.74, 6) is 2.69. The number of hydrogen-bond acceptors (Lipinski definition) is 5. The molecule has 142 valence electrons. The van der Waals surface area contributed by atoms with E-state index in [9.17, 15) is 0 Å². The molecule has 3 heterocycles. The summed E-state index contributed by atoms with van der Waals surface area (Å²) in [7, 11) is 1.79. The van der Waals surface area contributed by atoms with Gasteiger partial charge in [-0.25, -0.2) is 0 Å². The maximum atomic E-state index is 5.67. The normalized spacial score (nSPS) is 16.8. The van der Waals surface area contributed by atoms with Crippen LogP contribution in [0, 0.1) is 13.8 Å². The van der Waals surface area contributed by atoms with Gasteiger partial charge in [0.05, 0.1) is 18.0 Å². The van der Waals surface area contributed by atoms with Crippen LogP contribution in [0.25, 0.3) is 0 Å². The smallest absolute Gasteiger partial charge is 0.191 e. The van der Waals surface area contributed by atoms with Gasteiger partial charge in [0.2, 0.25) is 0 Å². The van der Waals surface area contributed by atoms with Gasteiger partial charge >= 0.3 is 0 Å². The van der Waals surface area contributed by atoms with Crippen LogP contribution < -0.4 is 10.6 Å². The fourth-order valence-corrected chi connectivity index (χ4v) is 3.52. The Hall–Kier alpha value is -2.28. The van der Waals surface area contributed by atoms with Crippen molar-refractivity contribution in [3.05, 3.63) is 41.2 Å². The Bertz CT molecular complexity index is 682. The van der Waals surface area contributed by atoms with Crippen molar-refractivity contribution >= 4 is 5.96 Å². The highest BCUT2D eigenvalue weighted by atomic mass is 16.5. The maximum Gasteiger partial charge on any atom is 0.191 e.